The summed E-state index contributed by atoms with van der Waals surface area (Å²) in [6.07, 6.45) is 0.558. The van der Waals surface area contributed by atoms with Gasteiger partial charge in [0, 0.05) is 26.2 Å². The van der Waals surface area contributed by atoms with E-state index in [1.54, 1.807) is 30.3 Å². The van der Waals surface area contributed by atoms with Crippen LogP contribution in [0.2, 0.25) is 0 Å². The van der Waals surface area contributed by atoms with Gasteiger partial charge in [-0.05, 0) is 30.0 Å². The molecular formula is C20H28N2O3S. The number of benzene rings is 2. The van der Waals surface area contributed by atoms with Crippen molar-refractivity contribution in [2.24, 2.45) is 5.92 Å². The minimum Gasteiger partial charge on any atom is -0.314 e. The molecule has 0 atom stereocenters. The maximum atomic E-state index is 12.9. The zero-order chi connectivity index (χ0) is 19.0. The second-order valence-electron chi connectivity index (χ2n) is 6.80. The van der Waals surface area contributed by atoms with E-state index >= 15 is 0 Å². The molecule has 0 bridgehead atoms. The Morgan fingerprint density at radius 1 is 0.923 bits per heavy atom. The summed E-state index contributed by atoms with van der Waals surface area (Å²) in [6, 6.07) is 18.2. The molecule has 2 rings (SSSR count). The lowest BCUT2D eigenvalue weighted by Crippen LogP contribution is -2.36. The smallest absolute Gasteiger partial charge is 0.243 e. The average molecular weight is 377 g/mol. The average Bonchev–Trinajstić information content (AvgIpc) is 2.62. The lowest BCUT2D eigenvalue weighted by atomic mass is 10.2. The molecule has 0 amide bonds. The van der Waals surface area contributed by atoms with E-state index in [1.807, 2.05) is 44.2 Å². The highest BCUT2D eigenvalue weighted by molar-refractivity contribution is 7.89. The molecule has 0 aliphatic carbocycles. The molecule has 6 heteroatoms. The van der Waals surface area contributed by atoms with Gasteiger partial charge in [0.05, 0.1) is 4.90 Å². The maximum absolute atomic E-state index is 12.9. The Bertz CT molecular complexity index is 749. The zero-order valence-electron chi connectivity index (χ0n) is 15.5. The Balaban J connectivity index is 1.95. The third-order valence-corrected chi connectivity index (χ3v) is 5.86. The van der Waals surface area contributed by atoms with Crippen molar-refractivity contribution in [3.05, 3.63) is 66.2 Å². The van der Waals surface area contributed by atoms with Crippen LogP contribution in [0.25, 0.3) is 0 Å². The van der Waals surface area contributed by atoms with E-state index in [-0.39, 0.29) is 5.92 Å². The van der Waals surface area contributed by atoms with Gasteiger partial charge in [0.15, 0.2) is 0 Å². The summed E-state index contributed by atoms with van der Waals surface area (Å²) in [5, 5.41) is 11.3. The van der Waals surface area contributed by atoms with Crippen LogP contribution in [-0.2, 0) is 16.6 Å². The van der Waals surface area contributed by atoms with Crippen LogP contribution in [0.3, 0.4) is 0 Å². The van der Waals surface area contributed by atoms with Crippen molar-refractivity contribution in [1.29, 1.82) is 0 Å². The molecule has 0 fully saturated rings. The first-order chi connectivity index (χ1) is 12.4. The van der Waals surface area contributed by atoms with Crippen LogP contribution >= 0.6 is 0 Å². The van der Waals surface area contributed by atoms with Gasteiger partial charge in [-0.3, -0.25) is 0 Å². The van der Waals surface area contributed by atoms with E-state index in [4.69, 9.17) is 0 Å². The second-order valence-corrected chi connectivity index (χ2v) is 8.74. The molecular weight excluding hydrogens is 348 g/mol. The van der Waals surface area contributed by atoms with Gasteiger partial charge in [0.25, 0.3) is 0 Å². The van der Waals surface area contributed by atoms with Crippen molar-refractivity contribution in [3.8, 4) is 0 Å². The van der Waals surface area contributed by atoms with Gasteiger partial charge in [-0.2, -0.15) is 9.37 Å². The molecule has 0 saturated carbocycles. The normalized spacial score (nSPS) is 12.2. The lowest BCUT2D eigenvalue weighted by molar-refractivity contribution is -0.100. The van der Waals surface area contributed by atoms with Gasteiger partial charge in [0.2, 0.25) is 10.0 Å². The Kier molecular flexibility index (Phi) is 7.78. The molecule has 5 nitrogen and oxygen atoms in total. The second kappa shape index (κ2) is 9.83. The first kappa shape index (κ1) is 20.6. The maximum Gasteiger partial charge on any atom is 0.243 e. The van der Waals surface area contributed by atoms with Crippen molar-refractivity contribution < 1.29 is 13.6 Å². The molecule has 0 aliphatic rings. The fourth-order valence-electron chi connectivity index (χ4n) is 2.76. The quantitative estimate of drug-likeness (QED) is 0.644. The first-order valence-corrected chi connectivity index (χ1v) is 10.4. The molecule has 2 aromatic rings. The van der Waals surface area contributed by atoms with Gasteiger partial charge in [-0.15, -0.1) is 0 Å². The van der Waals surface area contributed by atoms with Gasteiger partial charge in [0.1, 0.15) is 0 Å². The highest BCUT2D eigenvalue weighted by Crippen LogP contribution is 2.17. The van der Waals surface area contributed by atoms with Gasteiger partial charge >= 0.3 is 0 Å². The van der Waals surface area contributed by atoms with Crippen LogP contribution in [0.1, 0.15) is 25.8 Å². The van der Waals surface area contributed by atoms with Crippen LogP contribution < -0.4 is 0 Å². The molecule has 0 unspecified atom stereocenters. The van der Waals surface area contributed by atoms with E-state index in [9.17, 15) is 13.6 Å². The van der Waals surface area contributed by atoms with Crippen LogP contribution in [0.4, 0.5) is 0 Å². The highest BCUT2D eigenvalue weighted by atomic mass is 32.2. The summed E-state index contributed by atoms with van der Waals surface area (Å²) in [5.74, 6) is 0.225. The molecule has 0 aromatic heterocycles. The van der Waals surface area contributed by atoms with Gasteiger partial charge in [-0.1, -0.05) is 62.4 Å². The molecule has 0 aliphatic heterocycles. The number of hydrogen-bond donors (Lipinski definition) is 1. The minimum atomic E-state index is -3.52. The van der Waals surface area contributed by atoms with Crippen LogP contribution in [0, 0.1) is 5.92 Å². The summed E-state index contributed by atoms with van der Waals surface area (Å²) in [6.45, 7) is 5.68. The predicted octanol–water partition coefficient (Wildman–Crippen LogP) is 3.61. The topological polar surface area (TPSA) is 60.9 Å². The summed E-state index contributed by atoms with van der Waals surface area (Å²) in [5.41, 5.74) is 1.02. The lowest BCUT2D eigenvalue weighted by Gasteiger charge is -2.25. The number of sulfonamides is 1. The summed E-state index contributed by atoms with van der Waals surface area (Å²) in [4.78, 5) is 0.311. The fraction of sp³-hybridized carbons (Fsp3) is 0.400. The van der Waals surface area contributed by atoms with Crippen molar-refractivity contribution in [2.75, 3.05) is 19.6 Å². The molecule has 0 heterocycles. The summed E-state index contributed by atoms with van der Waals surface area (Å²) in [7, 11) is -3.52. The van der Waals surface area contributed by atoms with E-state index in [1.165, 1.54) is 9.37 Å². The van der Waals surface area contributed by atoms with Crippen molar-refractivity contribution in [3.63, 3.8) is 0 Å². The van der Waals surface area contributed by atoms with E-state index in [2.05, 4.69) is 0 Å². The number of hydrogen-bond acceptors (Lipinski definition) is 4. The standard InChI is InChI=1S/C20H28N2O3S/c1-18(2)16-22(26(24,25)20-12-7-4-8-13-20)15-9-14-21(23)17-19-10-5-3-6-11-19/h3-8,10-13,18,23H,9,14-17H2,1-2H3. The summed E-state index contributed by atoms with van der Waals surface area (Å²) >= 11 is 0. The van der Waals surface area contributed by atoms with E-state index in [0.717, 1.165) is 5.56 Å². The largest absolute Gasteiger partial charge is 0.314 e. The van der Waals surface area contributed by atoms with Gasteiger partial charge < -0.3 is 5.21 Å². The molecule has 0 radical (unpaired) electrons. The molecule has 2 aromatic carbocycles. The third kappa shape index (κ3) is 6.21. The number of hydroxylamine groups is 2. The Morgan fingerprint density at radius 3 is 2.08 bits per heavy atom. The fourth-order valence-corrected chi connectivity index (χ4v) is 4.42. The molecule has 26 heavy (non-hydrogen) atoms. The van der Waals surface area contributed by atoms with Crippen LogP contribution in [0.5, 0.6) is 0 Å². The Morgan fingerprint density at radius 2 is 1.50 bits per heavy atom. The van der Waals surface area contributed by atoms with E-state index in [0.29, 0.717) is 37.5 Å². The van der Waals surface area contributed by atoms with Crippen LogP contribution in [-0.4, -0.2) is 42.6 Å². The first-order valence-electron chi connectivity index (χ1n) is 8.92. The third-order valence-electron chi connectivity index (χ3n) is 3.98. The van der Waals surface area contributed by atoms with Gasteiger partial charge in [-0.25, -0.2) is 8.42 Å². The SMILES string of the molecule is CC(C)CN(CCCN(O)Cc1ccccc1)S(=O)(=O)c1ccccc1. The highest BCUT2D eigenvalue weighted by Gasteiger charge is 2.24. The van der Waals surface area contributed by atoms with Crippen molar-refractivity contribution >= 4 is 10.0 Å². The Hall–Kier alpha value is -1.73. The summed E-state index contributed by atoms with van der Waals surface area (Å²) < 4.78 is 27.3. The predicted molar refractivity (Wildman–Crippen MR) is 103 cm³/mol. The number of nitrogens with zero attached hydrogens (tertiary/aromatic N) is 2. The Labute approximate surface area is 156 Å². The molecule has 0 spiro atoms. The number of rotatable bonds is 10. The monoisotopic (exact) mass is 376 g/mol. The molecule has 1 N–H and O–H groups in total. The minimum absolute atomic E-state index is 0.225. The van der Waals surface area contributed by atoms with Crippen LogP contribution in [0.15, 0.2) is 65.6 Å². The zero-order valence-corrected chi connectivity index (χ0v) is 16.3. The van der Waals surface area contributed by atoms with Crippen molar-refractivity contribution in [2.45, 2.75) is 31.7 Å². The molecule has 142 valence electrons. The van der Waals surface area contributed by atoms with Crippen molar-refractivity contribution in [1.82, 2.24) is 9.37 Å². The van der Waals surface area contributed by atoms with E-state index < -0.39 is 10.0 Å². The molecule has 0 saturated heterocycles.